The molecule has 2 unspecified atom stereocenters. The van der Waals surface area contributed by atoms with E-state index >= 15 is 0 Å². The fourth-order valence-corrected chi connectivity index (χ4v) is 2.99. The van der Waals surface area contributed by atoms with Gasteiger partial charge in [-0.2, -0.15) is 0 Å². The zero-order valence-corrected chi connectivity index (χ0v) is 10.7. The highest BCUT2D eigenvalue weighted by Gasteiger charge is 2.28. The van der Waals surface area contributed by atoms with Gasteiger partial charge in [-0.15, -0.1) is 0 Å². The van der Waals surface area contributed by atoms with Gasteiger partial charge in [0.2, 0.25) is 0 Å². The van der Waals surface area contributed by atoms with E-state index in [1.165, 1.54) is 32.4 Å². The highest BCUT2D eigenvalue weighted by molar-refractivity contribution is 4.84. The third-order valence-corrected chi connectivity index (χ3v) is 4.30. The van der Waals surface area contributed by atoms with Gasteiger partial charge in [-0.25, -0.2) is 0 Å². The summed E-state index contributed by atoms with van der Waals surface area (Å²) in [5, 5.41) is 3.59. The molecule has 16 heavy (non-hydrogen) atoms. The molecule has 2 atom stereocenters. The third-order valence-electron chi connectivity index (χ3n) is 4.30. The number of hydrogen-bond donors (Lipinski definition) is 1. The van der Waals surface area contributed by atoms with Crippen molar-refractivity contribution in [2.45, 2.75) is 45.2 Å². The molecule has 0 aromatic heterocycles. The first-order valence-electron chi connectivity index (χ1n) is 6.86. The van der Waals surface area contributed by atoms with Crippen LogP contribution in [0.5, 0.6) is 0 Å². The van der Waals surface area contributed by atoms with Gasteiger partial charge in [-0.3, -0.25) is 4.90 Å². The van der Waals surface area contributed by atoms with Crippen LogP contribution >= 0.6 is 0 Å². The number of ether oxygens (including phenoxy) is 1. The third kappa shape index (κ3) is 2.96. The van der Waals surface area contributed by atoms with E-state index in [2.05, 4.69) is 24.1 Å². The van der Waals surface area contributed by atoms with Crippen molar-refractivity contribution in [3.05, 3.63) is 0 Å². The Morgan fingerprint density at radius 3 is 2.81 bits per heavy atom. The van der Waals surface area contributed by atoms with E-state index < -0.39 is 0 Å². The van der Waals surface area contributed by atoms with Gasteiger partial charge in [0.05, 0.1) is 0 Å². The summed E-state index contributed by atoms with van der Waals surface area (Å²) in [5.74, 6) is 0.851. The van der Waals surface area contributed by atoms with Crippen molar-refractivity contribution in [2.75, 3.05) is 32.8 Å². The molecule has 0 aliphatic carbocycles. The van der Waals surface area contributed by atoms with Crippen LogP contribution in [0.1, 0.15) is 33.1 Å². The first-order chi connectivity index (χ1) is 7.81. The average Bonchev–Trinajstić information content (AvgIpc) is 2.39. The molecular weight excluding hydrogens is 200 g/mol. The van der Waals surface area contributed by atoms with Gasteiger partial charge < -0.3 is 10.1 Å². The highest BCUT2D eigenvalue weighted by atomic mass is 16.5. The number of nitrogens with one attached hydrogen (secondary N) is 1. The molecule has 2 rings (SSSR count). The van der Waals surface area contributed by atoms with E-state index in [-0.39, 0.29) is 0 Å². The van der Waals surface area contributed by atoms with Crippen LogP contribution in [0.4, 0.5) is 0 Å². The van der Waals surface area contributed by atoms with Gasteiger partial charge >= 0.3 is 0 Å². The number of nitrogens with zero attached hydrogens (tertiary/aromatic N) is 1. The van der Waals surface area contributed by atoms with E-state index in [0.717, 1.165) is 31.7 Å². The van der Waals surface area contributed by atoms with Crippen molar-refractivity contribution < 1.29 is 4.74 Å². The van der Waals surface area contributed by atoms with Crippen molar-refractivity contribution >= 4 is 0 Å². The lowest BCUT2D eigenvalue weighted by Gasteiger charge is -2.41. The largest absolute Gasteiger partial charge is 0.381 e. The molecule has 0 saturated carbocycles. The van der Waals surface area contributed by atoms with Gasteiger partial charge in [-0.05, 0) is 32.1 Å². The van der Waals surface area contributed by atoms with E-state index in [9.17, 15) is 0 Å². The van der Waals surface area contributed by atoms with Gasteiger partial charge in [0.25, 0.3) is 0 Å². The van der Waals surface area contributed by atoms with Crippen LogP contribution in [0.2, 0.25) is 0 Å². The molecule has 2 heterocycles. The lowest BCUT2D eigenvalue weighted by atomic mass is 9.91. The topological polar surface area (TPSA) is 24.5 Å². The van der Waals surface area contributed by atoms with Crippen molar-refractivity contribution in [2.24, 2.45) is 5.92 Å². The zero-order chi connectivity index (χ0) is 11.4. The molecule has 0 amide bonds. The van der Waals surface area contributed by atoms with Crippen LogP contribution in [0.15, 0.2) is 0 Å². The Hall–Kier alpha value is -0.120. The Bertz CT molecular complexity index is 204. The van der Waals surface area contributed by atoms with E-state index in [0.29, 0.717) is 6.04 Å². The molecule has 94 valence electrons. The molecule has 2 saturated heterocycles. The Morgan fingerprint density at radius 2 is 2.12 bits per heavy atom. The van der Waals surface area contributed by atoms with E-state index in [1.807, 2.05) is 0 Å². The maximum Gasteiger partial charge on any atom is 0.0469 e. The minimum absolute atomic E-state index is 0.705. The summed E-state index contributed by atoms with van der Waals surface area (Å²) in [6, 6.07) is 1.44. The standard InChI is InChI=1S/C13H26N2O/c1-3-13-10-15(7-6-14-13)11(2)12-4-8-16-9-5-12/h11-14H,3-10H2,1-2H3. The Morgan fingerprint density at radius 1 is 1.38 bits per heavy atom. The fourth-order valence-electron chi connectivity index (χ4n) is 2.99. The lowest BCUT2D eigenvalue weighted by Crippen LogP contribution is -2.55. The summed E-state index contributed by atoms with van der Waals surface area (Å²) in [7, 11) is 0. The van der Waals surface area contributed by atoms with Gasteiger partial charge in [0, 0.05) is 44.9 Å². The SMILES string of the molecule is CCC1CN(C(C)C2CCOCC2)CCN1. The molecule has 0 spiro atoms. The van der Waals surface area contributed by atoms with Crippen LogP contribution in [-0.2, 0) is 4.74 Å². The molecule has 2 aliphatic heterocycles. The Labute approximate surface area is 99.5 Å². The van der Waals surface area contributed by atoms with Gasteiger partial charge in [0.1, 0.15) is 0 Å². The van der Waals surface area contributed by atoms with Crippen LogP contribution in [0, 0.1) is 5.92 Å². The van der Waals surface area contributed by atoms with Gasteiger partial charge in [0.15, 0.2) is 0 Å². The van der Waals surface area contributed by atoms with Crippen molar-refractivity contribution in [3.8, 4) is 0 Å². The predicted octanol–water partition coefficient (Wildman–Crippen LogP) is 1.49. The molecule has 3 nitrogen and oxygen atoms in total. The smallest absolute Gasteiger partial charge is 0.0469 e. The summed E-state index contributed by atoms with van der Waals surface area (Å²) in [6.45, 7) is 10.2. The van der Waals surface area contributed by atoms with Crippen molar-refractivity contribution in [3.63, 3.8) is 0 Å². The molecule has 3 heteroatoms. The van der Waals surface area contributed by atoms with Crippen LogP contribution in [0.25, 0.3) is 0 Å². The zero-order valence-electron chi connectivity index (χ0n) is 10.7. The van der Waals surface area contributed by atoms with Crippen LogP contribution < -0.4 is 5.32 Å². The van der Waals surface area contributed by atoms with Crippen molar-refractivity contribution in [1.29, 1.82) is 0 Å². The molecule has 0 radical (unpaired) electrons. The molecular formula is C13H26N2O. The van der Waals surface area contributed by atoms with Crippen LogP contribution in [0.3, 0.4) is 0 Å². The Balaban J connectivity index is 1.84. The molecule has 1 N–H and O–H groups in total. The second-order valence-corrected chi connectivity index (χ2v) is 5.24. The number of hydrogen-bond acceptors (Lipinski definition) is 3. The van der Waals surface area contributed by atoms with E-state index in [1.54, 1.807) is 0 Å². The quantitative estimate of drug-likeness (QED) is 0.789. The molecule has 2 aliphatic rings. The monoisotopic (exact) mass is 226 g/mol. The minimum Gasteiger partial charge on any atom is -0.381 e. The predicted molar refractivity (Wildman–Crippen MR) is 66.7 cm³/mol. The number of piperazine rings is 1. The van der Waals surface area contributed by atoms with Gasteiger partial charge in [-0.1, -0.05) is 6.92 Å². The second-order valence-electron chi connectivity index (χ2n) is 5.24. The molecule has 0 aromatic rings. The fraction of sp³-hybridized carbons (Fsp3) is 1.00. The van der Waals surface area contributed by atoms with E-state index in [4.69, 9.17) is 4.74 Å². The Kier molecular flexibility index (Phi) is 4.62. The molecule has 0 bridgehead atoms. The molecule has 2 fully saturated rings. The highest BCUT2D eigenvalue weighted by Crippen LogP contribution is 2.23. The number of rotatable bonds is 3. The maximum atomic E-state index is 5.45. The first-order valence-corrected chi connectivity index (χ1v) is 6.86. The minimum atomic E-state index is 0.705. The second kappa shape index (κ2) is 5.99. The first kappa shape index (κ1) is 12.3. The maximum absolute atomic E-state index is 5.45. The summed E-state index contributed by atoms with van der Waals surface area (Å²) < 4.78 is 5.45. The summed E-state index contributed by atoms with van der Waals surface area (Å²) in [6.07, 6.45) is 3.75. The van der Waals surface area contributed by atoms with Crippen molar-refractivity contribution in [1.82, 2.24) is 10.2 Å². The van der Waals surface area contributed by atoms with Crippen LogP contribution in [-0.4, -0.2) is 49.8 Å². The summed E-state index contributed by atoms with van der Waals surface area (Å²) >= 11 is 0. The normalized spacial score (nSPS) is 31.5. The lowest BCUT2D eigenvalue weighted by molar-refractivity contribution is 0.0225. The summed E-state index contributed by atoms with van der Waals surface area (Å²) in [5.41, 5.74) is 0. The average molecular weight is 226 g/mol. The molecule has 0 aromatic carbocycles. The summed E-state index contributed by atoms with van der Waals surface area (Å²) in [4.78, 5) is 2.68.